The highest BCUT2D eigenvalue weighted by Gasteiger charge is 2.10. The Bertz CT molecular complexity index is 579. The van der Waals surface area contributed by atoms with Crippen LogP contribution >= 0.6 is 15.9 Å². The Morgan fingerprint density at radius 1 is 1.18 bits per heavy atom. The summed E-state index contributed by atoms with van der Waals surface area (Å²) in [5.41, 5.74) is 1.87. The lowest BCUT2D eigenvalue weighted by atomic mass is 10.1. The molecule has 2 aromatic rings. The molecule has 0 spiro atoms. The normalized spacial score (nSPS) is 16.0. The van der Waals surface area contributed by atoms with Gasteiger partial charge in [-0.25, -0.2) is 0 Å². The maximum Gasteiger partial charge on any atom is 0.163 e. The SMILES string of the molecule is Brc1ccc(-c2cc(COCCN3CCOCC3)on2)cc1. The van der Waals surface area contributed by atoms with Crippen molar-refractivity contribution in [2.75, 3.05) is 39.5 Å². The van der Waals surface area contributed by atoms with Crippen molar-refractivity contribution in [2.45, 2.75) is 6.61 Å². The molecular formula is C16H19BrN2O3. The van der Waals surface area contributed by atoms with Gasteiger partial charge in [-0.05, 0) is 12.1 Å². The molecule has 5 nitrogen and oxygen atoms in total. The van der Waals surface area contributed by atoms with Crippen LogP contribution in [0.4, 0.5) is 0 Å². The lowest BCUT2D eigenvalue weighted by molar-refractivity contribution is 0.0155. The average Bonchev–Trinajstić information content (AvgIpc) is 3.02. The largest absolute Gasteiger partial charge is 0.379 e. The molecule has 0 radical (unpaired) electrons. The van der Waals surface area contributed by atoms with Crippen molar-refractivity contribution in [1.29, 1.82) is 0 Å². The van der Waals surface area contributed by atoms with Gasteiger partial charge in [-0.15, -0.1) is 0 Å². The molecule has 0 saturated carbocycles. The van der Waals surface area contributed by atoms with E-state index in [4.69, 9.17) is 14.0 Å². The minimum absolute atomic E-state index is 0.452. The van der Waals surface area contributed by atoms with Crippen LogP contribution < -0.4 is 0 Å². The van der Waals surface area contributed by atoms with E-state index in [-0.39, 0.29) is 0 Å². The van der Waals surface area contributed by atoms with Gasteiger partial charge in [-0.2, -0.15) is 0 Å². The number of ether oxygens (including phenoxy) is 2. The number of aromatic nitrogens is 1. The minimum Gasteiger partial charge on any atom is -0.379 e. The van der Waals surface area contributed by atoms with Crippen molar-refractivity contribution in [1.82, 2.24) is 10.1 Å². The standard InChI is InChI=1S/C16H19BrN2O3/c17-14-3-1-13(2-4-14)16-11-15(22-18-16)12-21-10-7-19-5-8-20-9-6-19/h1-4,11H,5-10,12H2. The highest BCUT2D eigenvalue weighted by atomic mass is 79.9. The first-order valence-electron chi connectivity index (χ1n) is 7.40. The lowest BCUT2D eigenvalue weighted by Crippen LogP contribution is -2.38. The minimum atomic E-state index is 0.452. The number of morpholine rings is 1. The Morgan fingerprint density at radius 3 is 2.73 bits per heavy atom. The Balaban J connectivity index is 1.44. The van der Waals surface area contributed by atoms with Gasteiger partial charge in [0.2, 0.25) is 0 Å². The van der Waals surface area contributed by atoms with Gasteiger partial charge in [-0.1, -0.05) is 33.2 Å². The molecule has 0 aliphatic carbocycles. The Morgan fingerprint density at radius 2 is 1.95 bits per heavy atom. The van der Waals surface area contributed by atoms with Gasteiger partial charge in [-0.3, -0.25) is 4.90 Å². The highest BCUT2D eigenvalue weighted by Crippen LogP contribution is 2.21. The second-order valence-electron chi connectivity index (χ2n) is 5.19. The van der Waals surface area contributed by atoms with Crippen LogP contribution in [0.15, 0.2) is 39.3 Å². The number of nitrogens with zero attached hydrogens (tertiary/aromatic N) is 2. The summed E-state index contributed by atoms with van der Waals surface area (Å²) < 4.78 is 17.4. The Hall–Kier alpha value is -1.21. The van der Waals surface area contributed by atoms with E-state index in [1.54, 1.807) is 0 Å². The molecule has 6 heteroatoms. The lowest BCUT2D eigenvalue weighted by Gasteiger charge is -2.26. The van der Waals surface area contributed by atoms with E-state index in [1.165, 1.54) is 0 Å². The summed E-state index contributed by atoms with van der Waals surface area (Å²) >= 11 is 3.42. The zero-order chi connectivity index (χ0) is 15.2. The van der Waals surface area contributed by atoms with Crippen molar-refractivity contribution in [3.63, 3.8) is 0 Å². The summed E-state index contributed by atoms with van der Waals surface area (Å²) in [5.74, 6) is 0.750. The monoisotopic (exact) mass is 366 g/mol. The predicted molar refractivity (Wildman–Crippen MR) is 86.6 cm³/mol. The van der Waals surface area contributed by atoms with Gasteiger partial charge in [0.05, 0.1) is 19.8 Å². The van der Waals surface area contributed by atoms with Gasteiger partial charge < -0.3 is 14.0 Å². The molecule has 2 heterocycles. The molecule has 0 amide bonds. The maximum absolute atomic E-state index is 5.67. The summed E-state index contributed by atoms with van der Waals surface area (Å²) in [6.45, 7) is 5.68. The number of halogens is 1. The zero-order valence-electron chi connectivity index (χ0n) is 12.3. The van der Waals surface area contributed by atoms with E-state index < -0.39 is 0 Å². The molecule has 1 fully saturated rings. The Labute approximate surface area is 138 Å². The van der Waals surface area contributed by atoms with Gasteiger partial charge in [0.15, 0.2) is 5.76 Å². The maximum atomic E-state index is 5.67. The third kappa shape index (κ3) is 4.39. The fourth-order valence-electron chi connectivity index (χ4n) is 2.33. The van der Waals surface area contributed by atoms with Crippen LogP contribution in [0.1, 0.15) is 5.76 Å². The van der Waals surface area contributed by atoms with E-state index in [0.717, 1.165) is 54.3 Å². The van der Waals surface area contributed by atoms with Gasteiger partial charge >= 0.3 is 0 Å². The van der Waals surface area contributed by atoms with E-state index in [0.29, 0.717) is 13.2 Å². The first kappa shape index (κ1) is 15.7. The molecule has 0 bridgehead atoms. The smallest absolute Gasteiger partial charge is 0.163 e. The second kappa shape index (κ2) is 7.87. The molecule has 1 aliphatic heterocycles. The molecule has 22 heavy (non-hydrogen) atoms. The van der Waals surface area contributed by atoms with Gasteiger partial charge in [0.25, 0.3) is 0 Å². The van der Waals surface area contributed by atoms with Crippen LogP contribution in [0, 0.1) is 0 Å². The van der Waals surface area contributed by atoms with Crippen molar-refractivity contribution >= 4 is 15.9 Å². The molecule has 0 N–H and O–H groups in total. The average molecular weight is 367 g/mol. The zero-order valence-corrected chi connectivity index (χ0v) is 13.9. The summed E-state index contributed by atoms with van der Waals surface area (Å²) in [6.07, 6.45) is 0. The topological polar surface area (TPSA) is 47.7 Å². The first-order valence-corrected chi connectivity index (χ1v) is 8.20. The number of hydrogen-bond donors (Lipinski definition) is 0. The third-order valence-electron chi connectivity index (χ3n) is 3.60. The summed E-state index contributed by atoms with van der Waals surface area (Å²) in [6, 6.07) is 9.92. The van der Waals surface area contributed by atoms with Crippen molar-refractivity contribution in [3.05, 3.63) is 40.6 Å². The van der Waals surface area contributed by atoms with E-state index in [1.807, 2.05) is 30.3 Å². The number of benzene rings is 1. The van der Waals surface area contributed by atoms with Crippen LogP contribution in [-0.2, 0) is 16.1 Å². The highest BCUT2D eigenvalue weighted by molar-refractivity contribution is 9.10. The quantitative estimate of drug-likeness (QED) is 0.735. The fourth-order valence-corrected chi connectivity index (χ4v) is 2.59. The third-order valence-corrected chi connectivity index (χ3v) is 4.13. The van der Waals surface area contributed by atoms with Crippen molar-refractivity contribution in [3.8, 4) is 11.3 Å². The summed E-state index contributed by atoms with van der Waals surface area (Å²) in [7, 11) is 0. The van der Waals surface area contributed by atoms with E-state index in [2.05, 4.69) is 26.0 Å². The van der Waals surface area contributed by atoms with E-state index in [9.17, 15) is 0 Å². The molecule has 0 unspecified atom stereocenters. The number of hydrogen-bond acceptors (Lipinski definition) is 5. The first-order chi connectivity index (χ1) is 10.8. The number of rotatable bonds is 6. The fraction of sp³-hybridized carbons (Fsp3) is 0.438. The van der Waals surface area contributed by atoms with Crippen molar-refractivity contribution in [2.24, 2.45) is 0 Å². The summed E-state index contributed by atoms with van der Waals surface area (Å²) in [5, 5.41) is 4.09. The predicted octanol–water partition coefficient (Wildman–Crippen LogP) is 2.95. The van der Waals surface area contributed by atoms with Gasteiger partial charge in [0, 0.05) is 35.7 Å². The van der Waals surface area contributed by atoms with Crippen LogP contribution in [0.2, 0.25) is 0 Å². The molecule has 1 aromatic carbocycles. The van der Waals surface area contributed by atoms with Crippen LogP contribution in [0.25, 0.3) is 11.3 Å². The van der Waals surface area contributed by atoms with Gasteiger partial charge in [0.1, 0.15) is 12.3 Å². The van der Waals surface area contributed by atoms with Crippen LogP contribution in [-0.4, -0.2) is 49.5 Å². The molecule has 1 aromatic heterocycles. The van der Waals surface area contributed by atoms with Crippen molar-refractivity contribution < 1.29 is 14.0 Å². The molecule has 3 rings (SSSR count). The molecule has 118 valence electrons. The van der Waals surface area contributed by atoms with E-state index >= 15 is 0 Å². The summed E-state index contributed by atoms with van der Waals surface area (Å²) in [4.78, 5) is 2.34. The Kier molecular flexibility index (Phi) is 5.61. The molecular weight excluding hydrogens is 348 g/mol. The molecule has 1 aliphatic rings. The van der Waals surface area contributed by atoms with Crippen LogP contribution in [0.5, 0.6) is 0 Å². The second-order valence-corrected chi connectivity index (χ2v) is 6.11. The molecule has 1 saturated heterocycles. The van der Waals surface area contributed by atoms with Crippen LogP contribution in [0.3, 0.4) is 0 Å². The molecule has 0 atom stereocenters.